The second kappa shape index (κ2) is 8.01. The van der Waals surface area contributed by atoms with Crippen LogP contribution in [-0.2, 0) is 15.4 Å². The molecule has 7 heteroatoms. The maximum absolute atomic E-state index is 12.7. The number of benzene rings is 1. The van der Waals surface area contributed by atoms with Crippen molar-refractivity contribution in [3.05, 3.63) is 59.9 Å². The van der Waals surface area contributed by atoms with Gasteiger partial charge in [-0.15, -0.1) is 0 Å². The third kappa shape index (κ3) is 4.77. The van der Waals surface area contributed by atoms with Gasteiger partial charge in [-0.2, -0.15) is 0 Å². The highest BCUT2D eigenvalue weighted by atomic mass is 32.2. The third-order valence-electron chi connectivity index (χ3n) is 5.04. The number of likely N-dealkylation sites (tertiary alicyclic amines) is 1. The summed E-state index contributed by atoms with van der Waals surface area (Å²) in [7, 11) is -3.58. The van der Waals surface area contributed by atoms with Crippen LogP contribution in [0.15, 0.2) is 53.7 Å². The van der Waals surface area contributed by atoms with E-state index in [1.54, 1.807) is 41.6 Å². The Morgan fingerprint density at radius 2 is 1.75 bits per heavy atom. The van der Waals surface area contributed by atoms with Gasteiger partial charge in [-0.1, -0.05) is 32.9 Å². The molecule has 2 aromatic rings. The average Bonchev–Trinajstić information content (AvgIpc) is 2.68. The van der Waals surface area contributed by atoms with Crippen LogP contribution >= 0.6 is 0 Å². The van der Waals surface area contributed by atoms with Crippen LogP contribution in [-0.4, -0.2) is 43.3 Å². The predicted octanol–water partition coefficient (Wildman–Crippen LogP) is 2.96. The van der Waals surface area contributed by atoms with Crippen LogP contribution < -0.4 is 4.72 Å². The number of carbonyl (C=O) groups is 1. The van der Waals surface area contributed by atoms with Gasteiger partial charge in [-0.25, -0.2) is 13.1 Å². The van der Waals surface area contributed by atoms with E-state index in [2.05, 4.69) is 30.5 Å². The van der Waals surface area contributed by atoms with E-state index in [0.717, 1.165) is 5.56 Å². The first-order chi connectivity index (χ1) is 13.2. The molecule has 1 aliphatic heterocycles. The molecule has 0 atom stereocenters. The van der Waals surface area contributed by atoms with Crippen molar-refractivity contribution in [3.63, 3.8) is 0 Å². The van der Waals surface area contributed by atoms with Crippen molar-refractivity contribution >= 4 is 15.9 Å². The number of piperidine rings is 1. The molecule has 1 aromatic heterocycles. The molecule has 1 fully saturated rings. The molecule has 1 N–H and O–H groups in total. The molecule has 0 radical (unpaired) electrons. The first-order valence-electron chi connectivity index (χ1n) is 9.49. The molecule has 28 heavy (non-hydrogen) atoms. The van der Waals surface area contributed by atoms with Crippen LogP contribution in [0.4, 0.5) is 0 Å². The molecule has 1 saturated heterocycles. The van der Waals surface area contributed by atoms with E-state index in [9.17, 15) is 13.2 Å². The number of hydrogen-bond acceptors (Lipinski definition) is 4. The molecule has 1 amide bonds. The topological polar surface area (TPSA) is 79.4 Å². The van der Waals surface area contributed by atoms with Crippen molar-refractivity contribution < 1.29 is 13.2 Å². The Balaban J connectivity index is 1.60. The molecule has 0 unspecified atom stereocenters. The number of carbonyl (C=O) groups excluding carboxylic acids is 1. The maximum atomic E-state index is 12.7. The summed E-state index contributed by atoms with van der Waals surface area (Å²) in [5.74, 6) is -0.0628. The Morgan fingerprint density at radius 3 is 2.29 bits per heavy atom. The monoisotopic (exact) mass is 401 g/mol. The van der Waals surface area contributed by atoms with E-state index in [1.807, 2.05) is 12.1 Å². The van der Waals surface area contributed by atoms with E-state index in [-0.39, 0.29) is 22.3 Å². The van der Waals surface area contributed by atoms with E-state index < -0.39 is 10.0 Å². The maximum Gasteiger partial charge on any atom is 0.255 e. The minimum Gasteiger partial charge on any atom is -0.338 e. The van der Waals surface area contributed by atoms with Crippen LogP contribution in [0.5, 0.6) is 0 Å². The predicted molar refractivity (Wildman–Crippen MR) is 109 cm³/mol. The van der Waals surface area contributed by atoms with Crippen LogP contribution in [0.25, 0.3) is 0 Å². The Bertz CT molecular complexity index is 912. The Morgan fingerprint density at radius 1 is 1.11 bits per heavy atom. The standard InChI is InChI=1S/C21H27N3O3S/c1-21(2,3)17-6-8-19(9-7-17)28(26,27)23-18-10-13-24(14-11-18)20(25)16-5-4-12-22-15-16/h4-9,12,15,18,23H,10-11,13-14H2,1-3H3. The van der Waals surface area contributed by atoms with Gasteiger partial charge in [0, 0.05) is 31.5 Å². The zero-order chi connectivity index (χ0) is 20.4. The minimum absolute atomic E-state index is 0.0244. The van der Waals surface area contributed by atoms with Crippen LogP contribution in [0, 0.1) is 0 Å². The van der Waals surface area contributed by atoms with E-state index in [4.69, 9.17) is 0 Å². The van der Waals surface area contributed by atoms with Gasteiger partial charge in [-0.3, -0.25) is 9.78 Å². The van der Waals surface area contributed by atoms with Crippen molar-refractivity contribution in [3.8, 4) is 0 Å². The Hall–Kier alpha value is -2.25. The highest BCUT2D eigenvalue weighted by molar-refractivity contribution is 7.89. The summed E-state index contributed by atoms with van der Waals surface area (Å²) in [4.78, 5) is 18.5. The summed E-state index contributed by atoms with van der Waals surface area (Å²) in [6.45, 7) is 7.31. The van der Waals surface area contributed by atoms with Gasteiger partial charge in [0.25, 0.3) is 5.91 Å². The number of sulfonamides is 1. The number of nitrogens with one attached hydrogen (secondary N) is 1. The second-order valence-electron chi connectivity index (χ2n) is 8.20. The molecular weight excluding hydrogens is 374 g/mol. The van der Waals surface area contributed by atoms with Crippen molar-refractivity contribution in [2.45, 2.75) is 50.0 Å². The average molecular weight is 402 g/mol. The van der Waals surface area contributed by atoms with Gasteiger partial charge >= 0.3 is 0 Å². The van der Waals surface area contributed by atoms with E-state index >= 15 is 0 Å². The van der Waals surface area contributed by atoms with E-state index in [1.165, 1.54) is 0 Å². The van der Waals surface area contributed by atoms with Crippen LogP contribution in [0.2, 0.25) is 0 Å². The van der Waals surface area contributed by atoms with E-state index in [0.29, 0.717) is 31.5 Å². The lowest BCUT2D eigenvalue weighted by atomic mass is 9.87. The fourth-order valence-electron chi connectivity index (χ4n) is 3.29. The number of aromatic nitrogens is 1. The minimum atomic E-state index is -3.58. The summed E-state index contributed by atoms with van der Waals surface area (Å²) in [6.07, 6.45) is 4.36. The van der Waals surface area contributed by atoms with Gasteiger partial charge in [0.1, 0.15) is 0 Å². The fraction of sp³-hybridized carbons (Fsp3) is 0.429. The fourth-order valence-corrected chi connectivity index (χ4v) is 4.60. The molecule has 0 bridgehead atoms. The number of rotatable bonds is 4. The van der Waals surface area contributed by atoms with Crippen molar-refractivity contribution in [1.29, 1.82) is 0 Å². The molecule has 1 aliphatic rings. The largest absolute Gasteiger partial charge is 0.338 e. The summed E-state index contributed by atoms with van der Waals surface area (Å²) >= 11 is 0. The highest BCUT2D eigenvalue weighted by Gasteiger charge is 2.27. The van der Waals surface area contributed by atoms with Gasteiger partial charge in [0.2, 0.25) is 10.0 Å². The highest BCUT2D eigenvalue weighted by Crippen LogP contribution is 2.24. The second-order valence-corrected chi connectivity index (χ2v) is 9.92. The van der Waals surface area contributed by atoms with Gasteiger partial charge < -0.3 is 4.90 Å². The number of pyridine rings is 1. The third-order valence-corrected chi connectivity index (χ3v) is 6.58. The summed E-state index contributed by atoms with van der Waals surface area (Å²) in [6, 6.07) is 10.3. The van der Waals surface area contributed by atoms with Crippen LogP contribution in [0.3, 0.4) is 0 Å². The van der Waals surface area contributed by atoms with Gasteiger partial charge in [0.15, 0.2) is 0 Å². The normalized spacial score (nSPS) is 16.2. The number of hydrogen-bond donors (Lipinski definition) is 1. The molecule has 6 nitrogen and oxygen atoms in total. The number of nitrogens with zero attached hydrogens (tertiary/aromatic N) is 2. The first kappa shape index (κ1) is 20.5. The molecule has 1 aromatic carbocycles. The van der Waals surface area contributed by atoms with Gasteiger partial charge in [-0.05, 0) is 48.1 Å². The Kier molecular flexibility index (Phi) is 5.86. The van der Waals surface area contributed by atoms with Crippen LogP contribution in [0.1, 0.15) is 49.5 Å². The van der Waals surface area contributed by atoms with Gasteiger partial charge in [0.05, 0.1) is 10.5 Å². The molecule has 0 spiro atoms. The zero-order valence-electron chi connectivity index (χ0n) is 16.6. The molecule has 3 rings (SSSR count). The SMILES string of the molecule is CC(C)(C)c1ccc(S(=O)(=O)NC2CCN(C(=O)c3cccnc3)CC2)cc1. The lowest BCUT2D eigenvalue weighted by Gasteiger charge is -2.32. The summed E-state index contributed by atoms with van der Waals surface area (Å²) < 4.78 is 28.2. The molecule has 0 aliphatic carbocycles. The first-order valence-corrected chi connectivity index (χ1v) is 11.0. The quantitative estimate of drug-likeness (QED) is 0.854. The zero-order valence-corrected chi connectivity index (χ0v) is 17.4. The summed E-state index contributed by atoms with van der Waals surface area (Å²) in [5.41, 5.74) is 1.62. The number of amides is 1. The van der Waals surface area contributed by atoms with Crippen molar-refractivity contribution in [2.24, 2.45) is 0 Å². The van der Waals surface area contributed by atoms with Crippen molar-refractivity contribution in [1.82, 2.24) is 14.6 Å². The Labute approximate surface area is 167 Å². The van der Waals surface area contributed by atoms with Crippen molar-refractivity contribution in [2.75, 3.05) is 13.1 Å². The molecule has 0 saturated carbocycles. The lowest BCUT2D eigenvalue weighted by Crippen LogP contribution is -2.46. The summed E-state index contributed by atoms with van der Waals surface area (Å²) in [5, 5.41) is 0. The molecular formula is C21H27N3O3S. The molecule has 2 heterocycles. The smallest absolute Gasteiger partial charge is 0.255 e. The lowest BCUT2D eigenvalue weighted by molar-refractivity contribution is 0.0711. The molecule has 150 valence electrons.